The molecular weight excluding hydrogens is 239 g/mol. The highest BCUT2D eigenvalue weighted by Crippen LogP contribution is 2.22. The van der Waals surface area contributed by atoms with Gasteiger partial charge in [0, 0.05) is 6.20 Å². The average Bonchev–Trinajstić information content (AvgIpc) is 2.33. The summed E-state index contributed by atoms with van der Waals surface area (Å²) in [7, 11) is 0. The topological polar surface area (TPSA) is 24.9 Å². The molecule has 0 spiro atoms. The van der Waals surface area contributed by atoms with Crippen molar-refractivity contribution in [2.75, 3.05) is 5.32 Å². The van der Waals surface area contributed by atoms with E-state index in [1.54, 1.807) is 18.3 Å². The summed E-state index contributed by atoms with van der Waals surface area (Å²) in [6.07, 6.45) is 1.78. The van der Waals surface area contributed by atoms with Crippen LogP contribution in [-0.2, 0) is 6.54 Å². The lowest BCUT2D eigenvalue weighted by molar-refractivity contribution is 0.630. The first-order valence-electron chi connectivity index (χ1n) is 5.26. The number of aromatic nitrogens is 1. The Morgan fingerprint density at radius 3 is 2.82 bits per heavy atom. The van der Waals surface area contributed by atoms with Gasteiger partial charge < -0.3 is 5.32 Å². The third kappa shape index (κ3) is 2.94. The molecule has 0 saturated carbocycles. The van der Waals surface area contributed by atoms with Crippen LogP contribution in [0.25, 0.3) is 0 Å². The molecule has 0 amide bonds. The van der Waals surface area contributed by atoms with Crippen LogP contribution in [0.5, 0.6) is 0 Å². The van der Waals surface area contributed by atoms with Crippen molar-refractivity contribution >= 4 is 17.3 Å². The smallest absolute Gasteiger partial charge is 0.164 e. The number of rotatable bonds is 3. The number of benzene rings is 1. The van der Waals surface area contributed by atoms with Gasteiger partial charge in [0.25, 0.3) is 0 Å². The average molecular weight is 251 g/mol. The molecule has 17 heavy (non-hydrogen) atoms. The minimum Gasteiger partial charge on any atom is -0.377 e. The SMILES string of the molecule is Cc1ccc(CNc2cccc(Cl)c2F)nc1. The van der Waals surface area contributed by atoms with Crippen LogP contribution < -0.4 is 5.32 Å². The van der Waals surface area contributed by atoms with Crippen molar-refractivity contribution in [3.8, 4) is 0 Å². The van der Waals surface area contributed by atoms with Crippen LogP contribution >= 0.6 is 11.6 Å². The van der Waals surface area contributed by atoms with E-state index in [0.29, 0.717) is 12.2 Å². The fourth-order valence-electron chi connectivity index (χ4n) is 1.43. The van der Waals surface area contributed by atoms with E-state index in [1.165, 1.54) is 6.07 Å². The van der Waals surface area contributed by atoms with Gasteiger partial charge in [-0.25, -0.2) is 4.39 Å². The molecule has 0 saturated heterocycles. The number of hydrogen-bond donors (Lipinski definition) is 1. The van der Waals surface area contributed by atoms with Crippen LogP contribution in [0, 0.1) is 12.7 Å². The van der Waals surface area contributed by atoms with Gasteiger partial charge in [0.05, 0.1) is 22.9 Å². The van der Waals surface area contributed by atoms with Crippen LogP contribution in [0.15, 0.2) is 36.5 Å². The number of aryl methyl sites for hydroxylation is 1. The summed E-state index contributed by atoms with van der Waals surface area (Å²) in [6, 6.07) is 8.75. The second-order valence-electron chi connectivity index (χ2n) is 3.78. The highest BCUT2D eigenvalue weighted by Gasteiger charge is 2.05. The van der Waals surface area contributed by atoms with Crippen molar-refractivity contribution in [2.24, 2.45) is 0 Å². The molecule has 0 aliphatic rings. The molecule has 0 aliphatic carbocycles. The van der Waals surface area contributed by atoms with Gasteiger partial charge in [0.2, 0.25) is 0 Å². The van der Waals surface area contributed by atoms with Crippen LogP contribution in [0.4, 0.5) is 10.1 Å². The van der Waals surface area contributed by atoms with Gasteiger partial charge in [-0.3, -0.25) is 4.98 Å². The van der Waals surface area contributed by atoms with E-state index in [4.69, 9.17) is 11.6 Å². The third-order valence-electron chi connectivity index (χ3n) is 2.38. The molecule has 4 heteroatoms. The third-order valence-corrected chi connectivity index (χ3v) is 2.68. The maximum Gasteiger partial charge on any atom is 0.164 e. The number of nitrogens with one attached hydrogen (secondary N) is 1. The number of nitrogens with zero attached hydrogens (tertiary/aromatic N) is 1. The molecule has 88 valence electrons. The zero-order chi connectivity index (χ0) is 12.3. The van der Waals surface area contributed by atoms with Crippen LogP contribution in [0.1, 0.15) is 11.3 Å². The summed E-state index contributed by atoms with van der Waals surface area (Å²) < 4.78 is 13.6. The Kier molecular flexibility index (Phi) is 3.59. The van der Waals surface area contributed by atoms with Gasteiger partial charge in [-0.2, -0.15) is 0 Å². The first kappa shape index (κ1) is 11.9. The first-order valence-corrected chi connectivity index (χ1v) is 5.64. The van der Waals surface area contributed by atoms with Crippen LogP contribution in [0.3, 0.4) is 0 Å². The molecular formula is C13H12ClFN2. The van der Waals surface area contributed by atoms with Crippen LogP contribution in [-0.4, -0.2) is 4.98 Å². The quantitative estimate of drug-likeness (QED) is 0.896. The fourth-order valence-corrected chi connectivity index (χ4v) is 1.60. The second kappa shape index (κ2) is 5.15. The molecule has 1 N–H and O–H groups in total. The van der Waals surface area contributed by atoms with Crippen LogP contribution in [0.2, 0.25) is 5.02 Å². The van der Waals surface area contributed by atoms with Crippen molar-refractivity contribution < 1.29 is 4.39 Å². The van der Waals surface area contributed by atoms with E-state index < -0.39 is 5.82 Å². The summed E-state index contributed by atoms with van der Waals surface area (Å²) in [6.45, 7) is 2.44. The maximum absolute atomic E-state index is 13.6. The van der Waals surface area contributed by atoms with Gasteiger partial charge in [-0.05, 0) is 30.7 Å². The van der Waals surface area contributed by atoms with Crippen molar-refractivity contribution in [1.82, 2.24) is 4.98 Å². The molecule has 0 fully saturated rings. The lowest BCUT2D eigenvalue weighted by atomic mass is 10.2. The highest BCUT2D eigenvalue weighted by molar-refractivity contribution is 6.31. The minimum atomic E-state index is -0.429. The van der Waals surface area contributed by atoms with Crippen molar-refractivity contribution in [3.63, 3.8) is 0 Å². The lowest BCUT2D eigenvalue weighted by Gasteiger charge is -2.07. The van der Waals surface area contributed by atoms with E-state index in [-0.39, 0.29) is 5.02 Å². The van der Waals surface area contributed by atoms with E-state index >= 15 is 0 Å². The van der Waals surface area contributed by atoms with E-state index in [1.807, 2.05) is 19.1 Å². The van der Waals surface area contributed by atoms with E-state index in [2.05, 4.69) is 10.3 Å². The monoisotopic (exact) mass is 250 g/mol. The lowest BCUT2D eigenvalue weighted by Crippen LogP contribution is -2.03. The zero-order valence-electron chi connectivity index (χ0n) is 9.37. The number of anilines is 1. The molecule has 2 aromatic rings. The molecule has 0 radical (unpaired) electrons. The summed E-state index contributed by atoms with van der Waals surface area (Å²) in [5.41, 5.74) is 2.34. The summed E-state index contributed by atoms with van der Waals surface area (Å²) in [4.78, 5) is 4.23. The van der Waals surface area contributed by atoms with Crippen molar-refractivity contribution in [1.29, 1.82) is 0 Å². The summed E-state index contributed by atoms with van der Waals surface area (Å²) >= 11 is 5.69. The Morgan fingerprint density at radius 2 is 2.12 bits per heavy atom. The normalized spacial score (nSPS) is 10.3. The molecule has 2 rings (SSSR count). The molecule has 1 aromatic carbocycles. The maximum atomic E-state index is 13.6. The number of hydrogen-bond acceptors (Lipinski definition) is 2. The Labute approximate surface area is 104 Å². The number of pyridine rings is 1. The first-order chi connectivity index (χ1) is 8.16. The van der Waals surface area contributed by atoms with E-state index in [0.717, 1.165) is 11.3 Å². The van der Waals surface area contributed by atoms with Gasteiger partial charge >= 0.3 is 0 Å². The Hall–Kier alpha value is -1.61. The number of halogens is 2. The molecule has 0 bridgehead atoms. The predicted molar refractivity (Wildman–Crippen MR) is 67.7 cm³/mol. The van der Waals surface area contributed by atoms with Crippen molar-refractivity contribution in [2.45, 2.75) is 13.5 Å². The molecule has 0 unspecified atom stereocenters. The molecule has 0 atom stereocenters. The van der Waals surface area contributed by atoms with Gasteiger partial charge in [-0.15, -0.1) is 0 Å². The van der Waals surface area contributed by atoms with Gasteiger partial charge in [-0.1, -0.05) is 23.7 Å². The van der Waals surface area contributed by atoms with Crippen molar-refractivity contribution in [3.05, 3.63) is 58.6 Å². The Morgan fingerprint density at radius 1 is 1.29 bits per heavy atom. The molecule has 0 aliphatic heterocycles. The second-order valence-corrected chi connectivity index (χ2v) is 4.19. The van der Waals surface area contributed by atoms with E-state index in [9.17, 15) is 4.39 Å². The Bertz CT molecular complexity index is 511. The predicted octanol–water partition coefficient (Wildman–Crippen LogP) is 3.79. The van der Waals surface area contributed by atoms with Gasteiger partial charge in [0.15, 0.2) is 5.82 Å². The minimum absolute atomic E-state index is 0.117. The molecule has 2 nitrogen and oxygen atoms in total. The molecule has 1 heterocycles. The summed E-state index contributed by atoms with van der Waals surface area (Å²) in [5.74, 6) is -0.429. The Balaban J connectivity index is 2.07. The fraction of sp³-hybridized carbons (Fsp3) is 0.154. The zero-order valence-corrected chi connectivity index (χ0v) is 10.1. The van der Waals surface area contributed by atoms with Gasteiger partial charge in [0.1, 0.15) is 0 Å². The standard InChI is InChI=1S/C13H12ClFN2/c1-9-5-6-10(16-7-9)8-17-12-4-2-3-11(14)13(12)15/h2-7,17H,8H2,1H3. The summed E-state index contributed by atoms with van der Waals surface area (Å²) in [5, 5.41) is 3.09. The highest BCUT2D eigenvalue weighted by atomic mass is 35.5. The largest absolute Gasteiger partial charge is 0.377 e. The molecule has 1 aromatic heterocycles.